The number of benzene rings is 2. The SMILES string of the molecule is Cc1ccc(F)c2c1NC(C(=O)N[C@@H]1CCC[C@@H](N3CCC(=O)N(CN(C(=O)CO)C4CCN([C@H]5CCC[C@@H](NC(=O)c6cc7c(F)ccc(C)c7[nH]6)C5)C4)CC3)C1)C2. The Morgan fingerprint density at radius 2 is 1.58 bits per heavy atom. The molecule has 2 unspecified atom stereocenters. The number of carbonyl (C=O) groups is 4. The first-order valence-corrected chi connectivity index (χ1v) is 21.6. The lowest BCUT2D eigenvalue weighted by Crippen LogP contribution is -2.52. The van der Waals surface area contributed by atoms with Gasteiger partial charge in [0.05, 0.1) is 12.2 Å². The maximum Gasteiger partial charge on any atom is 0.267 e. The summed E-state index contributed by atoms with van der Waals surface area (Å²) in [6, 6.07) is 7.55. The molecule has 0 spiro atoms. The predicted octanol–water partition coefficient (Wildman–Crippen LogP) is 3.96. The lowest BCUT2D eigenvalue weighted by Gasteiger charge is -2.38. The largest absolute Gasteiger partial charge is 0.387 e. The van der Waals surface area contributed by atoms with Gasteiger partial charge >= 0.3 is 0 Å². The number of aryl methyl sites for hydroxylation is 2. The number of aliphatic hydroxyl groups is 1. The van der Waals surface area contributed by atoms with E-state index in [4.69, 9.17) is 0 Å². The number of hydrogen-bond acceptors (Lipinski definition) is 8. The van der Waals surface area contributed by atoms with Crippen LogP contribution in [-0.4, -0.2) is 136 Å². The molecular weight excluding hydrogens is 759 g/mol. The first-order valence-electron chi connectivity index (χ1n) is 21.6. The van der Waals surface area contributed by atoms with Gasteiger partial charge in [0.25, 0.3) is 5.91 Å². The molecule has 0 bridgehead atoms. The number of aromatic amines is 1. The minimum Gasteiger partial charge on any atom is -0.387 e. The second-order valence-electron chi connectivity index (χ2n) is 17.5. The van der Waals surface area contributed by atoms with Gasteiger partial charge in [-0.15, -0.1) is 0 Å². The molecule has 5 N–H and O–H groups in total. The Labute approximate surface area is 344 Å². The zero-order valence-electron chi connectivity index (χ0n) is 34.2. The minimum atomic E-state index is -0.633. The van der Waals surface area contributed by atoms with E-state index in [9.17, 15) is 33.1 Å². The molecule has 2 aliphatic carbocycles. The fourth-order valence-electron chi connectivity index (χ4n) is 10.4. The Balaban J connectivity index is 0.830. The van der Waals surface area contributed by atoms with E-state index >= 15 is 0 Å². The van der Waals surface area contributed by atoms with Gasteiger partial charge in [-0.05, 0) is 101 Å². The second-order valence-corrected chi connectivity index (χ2v) is 17.5. The van der Waals surface area contributed by atoms with Crippen LogP contribution < -0.4 is 16.0 Å². The molecule has 8 rings (SSSR count). The molecular formula is C44H58F2N8O5. The maximum atomic E-state index is 14.5. The maximum absolute atomic E-state index is 14.5. The van der Waals surface area contributed by atoms with Crippen LogP contribution in [0.15, 0.2) is 30.3 Å². The van der Waals surface area contributed by atoms with Gasteiger partial charge in [-0.1, -0.05) is 12.1 Å². The van der Waals surface area contributed by atoms with E-state index < -0.39 is 18.6 Å². The third kappa shape index (κ3) is 8.83. The molecule has 1 aromatic heterocycles. The zero-order valence-corrected chi connectivity index (χ0v) is 34.2. The smallest absolute Gasteiger partial charge is 0.267 e. The normalized spacial score (nSPS) is 26.7. The predicted molar refractivity (Wildman–Crippen MR) is 220 cm³/mol. The highest BCUT2D eigenvalue weighted by atomic mass is 19.1. The summed E-state index contributed by atoms with van der Waals surface area (Å²) in [5.41, 5.74) is 4.04. The minimum absolute atomic E-state index is 0.0127. The number of nitrogens with zero attached hydrogens (tertiary/aromatic N) is 4. The number of aliphatic hydroxyl groups excluding tert-OH is 1. The fraction of sp³-hybridized carbons (Fsp3) is 0.591. The number of carbonyl (C=O) groups excluding carboxylic acids is 4. The van der Waals surface area contributed by atoms with Crippen molar-refractivity contribution >= 4 is 40.2 Å². The number of likely N-dealkylation sites (tertiary alicyclic amines) is 1. The molecule has 0 radical (unpaired) electrons. The third-order valence-electron chi connectivity index (χ3n) is 13.7. The van der Waals surface area contributed by atoms with Crippen LogP contribution in [0.1, 0.15) is 91.4 Å². The third-order valence-corrected chi connectivity index (χ3v) is 13.7. The van der Waals surface area contributed by atoms with Crippen molar-refractivity contribution in [3.63, 3.8) is 0 Å². The molecule has 4 amide bonds. The van der Waals surface area contributed by atoms with Gasteiger partial charge in [0.2, 0.25) is 17.7 Å². The average molecular weight is 817 g/mol. The van der Waals surface area contributed by atoms with Crippen molar-refractivity contribution in [1.29, 1.82) is 0 Å². The van der Waals surface area contributed by atoms with E-state index in [1.54, 1.807) is 28.0 Å². The molecule has 59 heavy (non-hydrogen) atoms. The van der Waals surface area contributed by atoms with Gasteiger partial charge in [0, 0.05) is 92.4 Å². The van der Waals surface area contributed by atoms with E-state index in [1.807, 2.05) is 13.8 Å². The summed E-state index contributed by atoms with van der Waals surface area (Å²) < 4.78 is 28.9. The molecule has 4 heterocycles. The Hall–Kier alpha value is -4.60. The van der Waals surface area contributed by atoms with Crippen molar-refractivity contribution in [3.05, 3.63) is 64.4 Å². The van der Waals surface area contributed by atoms with Gasteiger partial charge in [-0.2, -0.15) is 0 Å². The van der Waals surface area contributed by atoms with E-state index in [1.165, 1.54) is 12.1 Å². The Bertz CT molecular complexity index is 2010. The summed E-state index contributed by atoms with van der Waals surface area (Å²) in [7, 11) is 0. The number of hydrogen-bond donors (Lipinski definition) is 5. The lowest BCUT2D eigenvalue weighted by molar-refractivity contribution is -0.143. The monoisotopic (exact) mass is 816 g/mol. The summed E-state index contributed by atoms with van der Waals surface area (Å²) in [6.07, 6.45) is 8.45. The summed E-state index contributed by atoms with van der Waals surface area (Å²) in [4.78, 5) is 64.7. The van der Waals surface area contributed by atoms with Gasteiger partial charge in [-0.3, -0.25) is 29.0 Å². The topological polar surface area (TPSA) is 153 Å². The number of nitrogens with one attached hydrogen (secondary N) is 4. The number of amides is 4. The van der Waals surface area contributed by atoms with Crippen molar-refractivity contribution in [2.45, 2.75) is 121 Å². The number of halogens is 2. The Morgan fingerprint density at radius 3 is 2.31 bits per heavy atom. The van der Waals surface area contributed by atoms with Crippen LogP contribution >= 0.6 is 0 Å². The summed E-state index contributed by atoms with van der Waals surface area (Å²) in [6.45, 7) is 6.38. The molecule has 2 saturated carbocycles. The van der Waals surface area contributed by atoms with Crippen molar-refractivity contribution < 1.29 is 33.1 Å². The second kappa shape index (κ2) is 17.6. The summed E-state index contributed by atoms with van der Waals surface area (Å²) in [5.74, 6) is -1.44. The van der Waals surface area contributed by atoms with Crippen molar-refractivity contribution in [2.24, 2.45) is 0 Å². The molecule has 15 heteroatoms. The first-order chi connectivity index (χ1) is 28.4. The molecule has 2 saturated heterocycles. The molecule has 3 aliphatic heterocycles. The number of anilines is 1. The van der Waals surface area contributed by atoms with Crippen LogP contribution in [0.2, 0.25) is 0 Å². The summed E-state index contributed by atoms with van der Waals surface area (Å²) in [5, 5.41) is 20.1. The van der Waals surface area contributed by atoms with Gasteiger partial charge in [0.15, 0.2) is 0 Å². The van der Waals surface area contributed by atoms with Crippen LogP contribution in [0, 0.1) is 25.5 Å². The number of H-pyrrole nitrogens is 1. The first kappa shape index (κ1) is 41.1. The fourth-order valence-corrected chi connectivity index (χ4v) is 10.4. The van der Waals surface area contributed by atoms with E-state index in [-0.39, 0.29) is 66.2 Å². The van der Waals surface area contributed by atoms with Crippen molar-refractivity contribution in [1.82, 2.24) is 35.2 Å². The number of fused-ring (bicyclic) bond motifs is 2. The lowest BCUT2D eigenvalue weighted by atomic mass is 9.89. The quantitative estimate of drug-likeness (QED) is 0.206. The molecule has 13 nitrogen and oxygen atoms in total. The standard InChI is InChI=1S/C44H58F2N8O5/c1-26-9-11-35(45)33-21-37(49-41(26)33)43(58)47-28-5-3-7-30(19-28)51-16-14-39(56)53(18-17-51)25-54(40(57)24-55)32-13-15-52(23-32)31-8-4-6-29(20-31)48-44(59)38-22-34-36(46)12-10-27(2)42(34)50-38/h9-12,22,28-32,37,49-50,55H,3-8,13-21,23-25H2,1-2H3,(H,47,58)(H,48,59)/t28-,29-,30-,31+,32?,37?/m1/s1. The van der Waals surface area contributed by atoms with E-state index in [0.29, 0.717) is 66.9 Å². The summed E-state index contributed by atoms with van der Waals surface area (Å²) >= 11 is 0. The number of aromatic nitrogens is 1. The molecule has 3 aromatic rings. The highest BCUT2D eigenvalue weighted by molar-refractivity contribution is 5.99. The van der Waals surface area contributed by atoms with Crippen LogP contribution in [0.3, 0.4) is 0 Å². The van der Waals surface area contributed by atoms with Gasteiger partial charge < -0.3 is 35.8 Å². The van der Waals surface area contributed by atoms with Crippen molar-refractivity contribution in [3.8, 4) is 0 Å². The highest BCUT2D eigenvalue weighted by Gasteiger charge is 2.39. The highest BCUT2D eigenvalue weighted by Crippen LogP contribution is 2.33. The van der Waals surface area contributed by atoms with Crippen LogP contribution in [0.25, 0.3) is 10.9 Å². The van der Waals surface area contributed by atoms with Crippen LogP contribution in [0.4, 0.5) is 14.5 Å². The Morgan fingerprint density at radius 1 is 0.864 bits per heavy atom. The average Bonchev–Trinajstić information content (AvgIpc) is 4.00. The van der Waals surface area contributed by atoms with E-state index in [2.05, 4.69) is 30.7 Å². The van der Waals surface area contributed by atoms with Crippen molar-refractivity contribution in [2.75, 3.05) is 51.3 Å². The zero-order chi connectivity index (χ0) is 41.4. The van der Waals surface area contributed by atoms with E-state index in [0.717, 1.165) is 75.5 Å². The molecule has 318 valence electrons. The van der Waals surface area contributed by atoms with Crippen LogP contribution in [0.5, 0.6) is 0 Å². The Kier molecular flexibility index (Phi) is 12.2. The van der Waals surface area contributed by atoms with Gasteiger partial charge in [0.1, 0.15) is 30.0 Å². The number of rotatable bonds is 10. The van der Waals surface area contributed by atoms with Gasteiger partial charge in [-0.25, -0.2) is 8.78 Å². The molecule has 5 aliphatic rings. The van der Waals surface area contributed by atoms with Crippen LogP contribution in [-0.2, 0) is 20.8 Å². The molecule has 2 aromatic carbocycles. The molecule has 6 atom stereocenters. The molecule has 4 fully saturated rings.